The largest absolute Gasteiger partial charge is 0.450 e. The van der Waals surface area contributed by atoms with Gasteiger partial charge in [0.15, 0.2) is 11.3 Å². The number of carbonyl (C=O) groups is 2. The average molecular weight is 354 g/mol. The number of furan rings is 1. The molecule has 0 aliphatic carbocycles. The third kappa shape index (κ3) is 4.38. The highest BCUT2D eigenvalue weighted by molar-refractivity contribution is 9.10. The Bertz CT molecular complexity index is 664. The molecular weight excluding hydrogens is 342 g/mol. The second-order valence-electron chi connectivity index (χ2n) is 4.20. The van der Waals surface area contributed by atoms with Gasteiger partial charge in [-0.1, -0.05) is 0 Å². The van der Waals surface area contributed by atoms with Crippen LogP contribution in [0.4, 0.5) is 5.95 Å². The molecule has 2 aromatic heterocycles. The van der Waals surface area contributed by atoms with Gasteiger partial charge in [-0.25, -0.2) is 14.8 Å². The molecule has 21 heavy (non-hydrogen) atoms. The maximum absolute atomic E-state index is 11.7. The van der Waals surface area contributed by atoms with Gasteiger partial charge in [0, 0.05) is 11.4 Å². The first-order valence-electron chi connectivity index (χ1n) is 5.98. The number of nitrogens with one attached hydrogen (secondary N) is 1. The lowest BCUT2D eigenvalue weighted by Gasteiger charge is -2.05. The Hall–Kier alpha value is -2.22. The highest BCUT2D eigenvalue weighted by atomic mass is 79.9. The summed E-state index contributed by atoms with van der Waals surface area (Å²) in [6.45, 7) is 3.13. The molecule has 0 atom stereocenters. The van der Waals surface area contributed by atoms with E-state index >= 15 is 0 Å². The summed E-state index contributed by atoms with van der Waals surface area (Å²) >= 11 is 3.07. The summed E-state index contributed by atoms with van der Waals surface area (Å²) in [6, 6.07) is 4.78. The normalized spacial score (nSPS) is 10.2. The third-order valence-electron chi connectivity index (χ3n) is 2.34. The van der Waals surface area contributed by atoms with Gasteiger partial charge in [0.2, 0.25) is 11.7 Å². The summed E-state index contributed by atoms with van der Waals surface area (Å²) in [5.74, 6) is -1.07. The minimum Gasteiger partial charge on any atom is -0.450 e. The van der Waals surface area contributed by atoms with Gasteiger partial charge in [-0.3, -0.25) is 10.1 Å². The first kappa shape index (κ1) is 15.2. The predicted molar refractivity (Wildman–Crippen MR) is 76.8 cm³/mol. The van der Waals surface area contributed by atoms with Gasteiger partial charge in [-0.05, 0) is 48.0 Å². The van der Waals surface area contributed by atoms with Gasteiger partial charge in [-0.2, -0.15) is 0 Å². The topological polar surface area (TPSA) is 94.3 Å². The van der Waals surface area contributed by atoms with Crippen LogP contribution in [0.3, 0.4) is 0 Å². The Labute approximate surface area is 128 Å². The molecule has 2 heterocycles. The number of aryl methyl sites for hydroxylation is 2. The summed E-state index contributed by atoms with van der Waals surface area (Å²) in [5, 5.41) is 2.46. The average Bonchev–Trinajstić information content (AvgIpc) is 2.81. The van der Waals surface area contributed by atoms with E-state index < -0.39 is 18.5 Å². The van der Waals surface area contributed by atoms with E-state index in [1.54, 1.807) is 26.0 Å². The van der Waals surface area contributed by atoms with Crippen molar-refractivity contribution in [3.63, 3.8) is 0 Å². The molecule has 0 saturated heterocycles. The lowest BCUT2D eigenvalue weighted by Crippen LogP contribution is -2.22. The zero-order valence-electron chi connectivity index (χ0n) is 11.3. The highest BCUT2D eigenvalue weighted by Crippen LogP contribution is 2.14. The van der Waals surface area contributed by atoms with Crippen LogP contribution in [0.5, 0.6) is 0 Å². The summed E-state index contributed by atoms with van der Waals surface area (Å²) < 4.78 is 10.2. The minimum atomic E-state index is -0.725. The van der Waals surface area contributed by atoms with Crippen LogP contribution in [-0.4, -0.2) is 28.5 Å². The maximum Gasteiger partial charge on any atom is 0.374 e. The molecule has 0 radical (unpaired) electrons. The number of anilines is 1. The van der Waals surface area contributed by atoms with Crippen LogP contribution in [0.15, 0.2) is 27.3 Å². The Kier molecular flexibility index (Phi) is 4.69. The molecule has 0 aliphatic rings. The molecule has 7 nitrogen and oxygen atoms in total. The van der Waals surface area contributed by atoms with Gasteiger partial charge in [0.25, 0.3) is 5.91 Å². The van der Waals surface area contributed by atoms with E-state index in [0.717, 1.165) is 11.4 Å². The predicted octanol–water partition coefficient (Wildman–Crippen LogP) is 2.24. The van der Waals surface area contributed by atoms with Gasteiger partial charge in [0.05, 0.1) is 0 Å². The molecule has 0 aromatic carbocycles. The van der Waals surface area contributed by atoms with Crippen LogP contribution in [-0.2, 0) is 9.53 Å². The van der Waals surface area contributed by atoms with Crippen LogP contribution < -0.4 is 5.32 Å². The number of hydrogen-bond acceptors (Lipinski definition) is 6. The van der Waals surface area contributed by atoms with Gasteiger partial charge in [-0.15, -0.1) is 0 Å². The molecular formula is C13H12BrN3O4. The standard InChI is InChI=1S/C13H12BrN3O4/c1-7-5-8(2)16-13(15-7)17-11(18)6-20-12(19)9-3-4-10(14)21-9/h3-5H,6H2,1-2H3,(H,15,16,17,18). The monoisotopic (exact) mass is 353 g/mol. The number of halogens is 1. The van der Waals surface area contributed by atoms with Gasteiger partial charge >= 0.3 is 5.97 Å². The smallest absolute Gasteiger partial charge is 0.374 e. The van der Waals surface area contributed by atoms with Crippen molar-refractivity contribution in [2.45, 2.75) is 13.8 Å². The number of ether oxygens (including phenoxy) is 1. The van der Waals surface area contributed by atoms with E-state index in [1.165, 1.54) is 6.07 Å². The molecule has 2 rings (SSSR count). The van der Waals surface area contributed by atoms with Crippen molar-refractivity contribution < 1.29 is 18.7 Å². The SMILES string of the molecule is Cc1cc(C)nc(NC(=O)COC(=O)c2ccc(Br)o2)n1. The van der Waals surface area contributed by atoms with Crippen molar-refractivity contribution in [3.8, 4) is 0 Å². The molecule has 0 unspecified atom stereocenters. The third-order valence-corrected chi connectivity index (χ3v) is 2.77. The Morgan fingerprint density at radius 3 is 2.52 bits per heavy atom. The maximum atomic E-state index is 11.7. The first-order valence-corrected chi connectivity index (χ1v) is 6.78. The zero-order chi connectivity index (χ0) is 15.4. The number of carbonyl (C=O) groups excluding carboxylic acids is 2. The van der Waals surface area contributed by atoms with Crippen molar-refractivity contribution in [1.82, 2.24) is 9.97 Å². The van der Waals surface area contributed by atoms with Crippen molar-refractivity contribution >= 4 is 33.8 Å². The van der Waals surface area contributed by atoms with Crippen molar-refractivity contribution in [1.29, 1.82) is 0 Å². The van der Waals surface area contributed by atoms with Crippen LogP contribution >= 0.6 is 15.9 Å². The molecule has 0 fully saturated rings. The van der Waals surface area contributed by atoms with E-state index in [4.69, 9.17) is 9.15 Å². The summed E-state index contributed by atoms with van der Waals surface area (Å²) in [6.07, 6.45) is 0. The number of amides is 1. The van der Waals surface area contributed by atoms with E-state index in [1.807, 2.05) is 0 Å². The summed E-state index contributed by atoms with van der Waals surface area (Å²) in [7, 11) is 0. The molecule has 110 valence electrons. The zero-order valence-corrected chi connectivity index (χ0v) is 12.9. The van der Waals surface area contributed by atoms with E-state index in [0.29, 0.717) is 4.67 Å². The second kappa shape index (κ2) is 6.49. The molecule has 0 saturated carbocycles. The molecule has 2 aromatic rings. The summed E-state index contributed by atoms with van der Waals surface area (Å²) in [5.41, 5.74) is 1.46. The minimum absolute atomic E-state index is 0.0114. The lowest BCUT2D eigenvalue weighted by atomic mass is 10.4. The molecule has 1 N–H and O–H groups in total. The second-order valence-corrected chi connectivity index (χ2v) is 4.98. The fraction of sp³-hybridized carbons (Fsp3) is 0.231. The van der Waals surface area contributed by atoms with Crippen molar-refractivity contribution in [3.05, 3.63) is 40.0 Å². The van der Waals surface area contributed by atoms with E-state index in [9.17, 15) is 9.59 Å². The number of rotatable bonds is 4. The molecule has 0 aliphatic heterocycles. The Morgan fingerprint density at radius 2 is 1.95 bits per heavy atom. The molecule has 1 amide bonds. The van der Waals surface area contributed by atoms with Crippen LogP contribution in [0.1, 0.15) is 21.9 Å². The fourth-order valence-corrected chi connectivity index (χ4v) is 1.88. The lowest BCUT2D eigenvalue weighted by molar-refractivity contribution is -0.119. The number of aromatic nitrogens is 2. The highest BCUT2D eigenvalue weighted by Gasteiger charge is 2.14. The number of esters is 1. The Balaban J connectivity index is 1.88. The molecule has 8 heteroatoms. The number of nitrogens with zero attached hydrogens (tertiary/aromatic N) is 2. The molecule has 0 spiro atoms. The van der Waals surface area contributed by atoms with Gasteiger partial charge < -0.3 is 9.15 Å². The first-order chi connectivity index (χ1) is 9.94. The van der Waals surface area contributed by atoms with E-state index in [-0.39, 0.29) is 11.7 Å². The van der Waals surface area contributed by atoms with Crippen molar-refractivity contribution in [2.24, 2.45) is 0 Å². The molecule has 0 bridgehead atoms. The summed E-state index contributed by atoms with van der Waals surface area (Å²) in [4.78, 5) is 31.4. The number of hydrogen-bond donors (Lipinski definition) is 1. The Morgan fingerprint density at radius 1 is 1.29 bits per heavy atom. The van der Waals surface area contributed by atoms with Crippen LogP contribution in [0.2, 0.25) is 0 Å². The van der Waals surface area contributed by atoms with Gasteiger partial charge in [0.1, 0.15) is 0 Å². The van der Waals surface area contributed by atoms with Crippen LogP contribution in [0.25, 0.3) is 0 Å². The fourth-order valence-electron chi connectivity index (χ4n) is 1.57. The van der Waals surface area contributed by atoms with E-state index in [2.05, 4.69) is 31.2 Å². The van der Waals surface area contributed by atoms with Crippen molar-refractivity contribution in [2.75, 3.05) is 11.9 Å². The van der Waals surface area contributed by atoms with Crippen LogP contribution in [0, 0.1) is 13.8 Å². The quantitative estimate of drug-likeness (QED) is 0.847.